The highest BCUT2D eigenvalue weighted by atomic mass is 16.5. The lowest BCUT2D eigenvalue weighted by Gasteiger charge is -2.29. The number of aromatic nitrogens is 2. The van der Waals surface area contributed by atoms with Gasteiger partial charge in [0, 0.05) is 25.2 Å². The van der Waals surface area contributed by atoms with E-state index in [0.29, 0.717) is 12.2 Å². The number of para-hydroxylation sites is 1. The molecule has 0 bridgehead atoms. The molecular weight excluding hydrogens is 352 g/mol. The minimum absolute atomic E-state index is 0.256. The van der Waals surface area contributed by atoms with Crippen molar-refractivity contribution in [1.82, 2.24) is 15.5 Å². The molecule has 1 amide bonds. The van der Waals surface area contributed by atoms with E-state index in [2.05, 4.69) is 44.7 Å². The van der Waals surface area contributed by atoms with Crippen molar-refractivity contribution in [2.75, 3.05) is 18.6 Å². The number of hydrogen-bond acceptors (Lipinski definition) is 5. The number of benzene rings is 2. The van der Waals surface area contributed by atoms with Gasteiger partial charge >= 0.3 is 0 Å². The number of carbonyl (C=O) groups is 1. The van der Waals surface area contributed by atoms with Gasteiger partial charge in [0.15, 0.2) is 11.5 Å². The smallest absolute Gasteiger partial charge is 0.272 e. The quantitative estimate of drug-likeness (QED) is 0.744. The molecule has 28 heavy (non-hydrogen) atoms. The van der Waals surface area contributed by atoms with Gasteiger partial charge in [0.1, 0.15) is 5.75 Å². The summed E-state index contributed by atoms with van der Waals surface area (Å²) < 4.78 is 5.31. The highest BCUT2D eigenvalue weighted by Crippen LogP contribution is 2.22. The zero-order valence-electron chi connectivity index (χ0n) is 15.8. The molecule has 0 fully saturated rings. The maximum absolute atomic E-state index is 12.4. The Kier molecular flexibility index (Phi) is 5.19. The SMILES string of the molecule is COc1ccccc1CNC(=O)c1ccc(N2CCc3ccccc3C2)nn1. The Bertz CT molecular complexity index is 972. The van der Waals surface area contributed by atoms with Gasteiger partial charge in [-0.05, 0) is 35.7 Å². The number of nitrogens with zero attached hydrogens (tertiary/aromatic N) is 3. The molecule has 1 aliphatic rings. The number of amides is 1. The van der Waals surface area contributed by atoms with Gasteiger partial charge in [-0.1, -0.05) is 42.5 Å². The first kappa shape index (κ1) is 18.0. The van der Waals surface area contributed by atoms with Crippen LogP contribution in [0.2, 0.25) is 0 Å². The third-order valence-electron chi connectivity index (χ3n) is 4.97. The molecule has 1 aromatic heterocycles. The number of hydrogen-bond donors (Lipinski definition) is 1. The van der Waals surface area contributed by atoms with Crippen LogP contribution in [0.25, 0.3) is 0 Å². The van der Waals surface area contributed by atoms with Crippen molar-refractivity contribution >= 4 is 11.7 Å². The van der Waals surface area contributed by atoms with E-state index >= 15 is 0 Å². The molecule has 1 N–H and O–H groups in total. The van der Waals surface area contributed by atoms with Gasteiger partial charge in [0.25, 0.3) is 5.91 Å². The van der Waals surface area contributed by atoms with Crippen LogP contribution in [0, 0.1) is 0 Å². The Morgan fingerprint density at radius 3 is 2.61 bits per heavy atom. The first-order chi connectivity index (χ1) is 13.7. The van der Waals surface area contributed by atoms with E-state index in [9.17, 15) is 4.79 Å². The molecule has 0 radical (unpaired) electrons. The second-order valence-corrected chi connectivity index (χ2v) is 6.71. The molecule has 0 unspecified atom stereocenters. The van der Waals surface area contributed by atoms with Crippen molar-refractivity contribution in [3.8, 4) is 5.75 Å². The predicted molar refractivity (Wildman–Crippen MR) is 107 cm³/mol. The van der Waals surface area contributed by atoms with Gasteiger partial charge < -0.3 is 15.0 Å². The summed E-state index contributed by atoms with van der Waals surface area (Å²) >= 11 is 0. The maximum Gasteiger partial charge on any atom is 0.272 e. The standard InChI is InChI=1S/C22H22N4O2/c1-28-20-9-5-4-7-17(20)14-23-22(27)19-10-11-21(25-24-19)26-13-12-16-6-2-3-8-18(16)15-26/h2-11H,12-15H2,1H3,(H,23,27). The third kappa shape index (κ3) is 3.81. The first-order valence-electron chi connectivity index (χ1n) is 9.30. The monoisotopic (exact) mass is 374 g/mol. The lowest BCUT2D eigenvalue weighted by molar-refractivity contribution is 0.0944. The second-order valence-electron chi connectivity index (χ2n) is 6.71. The minimum Gasteiger partial charge on any atom is -0.496 e. The minimum atomic E-state index is -0.256. The summed E-state index contributed by atoms with van der Waals surface area (Å²) in [6.45, 7) is 2.07. The summed E-state index contributed by atoms with van der Waals surface area (Å²) in [6, 6.07) is 19.6. The third-order valence-corrected chi connectivity index (χ3v) is 4.97. The molecule has 4 rings (SSSR count). The summed E-state index contributed by atoms with van der Waals surface area (Å²) in [5.41, 5.74) is 3.92. The molecule has 142 valence electrons. The Morgan fingerprint density at radius 1 is 1.04 bits per heavy atom. The van der Waals surface area contributed by atoms with Crippen LogP contribution in [0.3, 0.4) is 0 Å². The number of carbonyl (C=O) groups excluding carboxylic acids is 1. The van der Waals surface area contributed by atoms with Crippen LogP contribution in [0.15, 0.2) is 60.7 Å². The van der Waals surface area contributed by atoms with Crippen molar-refractivity contribution in [1.29, 1.82) is 0 Å². The Labute approximate surface area is 164 Å². The normalized spacial score (nSPS) is 13.0. The van der Waals surface area contributed by atoms with Crippen LogP contribution >= 0.6 is 0 Å². The van der Waals surface area contributed by atoms with Crippen LogP contribution in [0.1, 0.15) is 27.2 Å². The molecule has 2 aromatic carbocycles. The fourth-order valence-corrected chi connectivity index (χ4v) is 3.42. The highest BCUT2D eigenvalue weighted by Gasteiger charge is 2.18. The number of methoxy groups -OCH3 is 1. The van der Waals surface area contributed by atoms with Gasteiger partial charge in [-0.15, -0.1) is 10.2 Å². The molecule has 0 atom stereocenters. The van der Waals surface area contributed by atoms with Gasteiger partial charge in [0.2, 0.25) is 0 Å². The average molecular weight is 374 g/mol. The largest absolute Gasteiger partial charge is 0.496 e. The summed E-state index contributed by atoms with van der Waals surface area (Å²) in [6.07, 6.45) is 0.985. The van der Waals surface area contributed by atoms with Gasteiger partial charge in [0.05, 0.1) is 7.11 Å². The molecule has 6 heteroatoms. The molecule has 0 saturated heterocycles. The molecule has 1 aliphatic heterocycles. The van der Waals surface area contributed by atoms with Crippen molar-refractivity contribution in [2.24, 2.45) is 0 Å². The molecule has 3 aromatic rings. The van der Waals surface area contributed by atoms with E-state index in [4.69, 9.17) is 4.74 Å². The van der Waals surface area contributed by atoms with Crippen molar-refractivity contribution < 1.29 is 9.53 Å². The molecule has 0 aliphatic carbocycles. The Morgan fingerprint density at radius 2 is 1.82 bits per heavy atom. The van der Waals surface area contributed by atoms with Crippen LogP contribution in [-0.4, -0.2) is 29.8 Å². The van der Waals surface area contributed by atoms with E-state index in [-0.39, 0.29) is 5.91 Å². The van der Waals surface area contributed by atoms with Crippen molar-refractivity contribution in [3.05, 3.63) is 83.0 Å². The van der Waals surface area contributed by atoms with E-state index < -0.39 is 0 Å². The van der Waals surface area contributed by atoms with Crippen LogP contribution in [0.5, 0.6) is 5.75 Å². The Balaban J connectivity index is 1.40. The zero-order valence-corrected chi connectivity index (χ0v) is 15.8. The van der Waals surface area contributed by atoms with Gasteiger partial charge in [-0.3, -0.25) is 4.79 Å². The second kappa shape index (κ2) is 8.08. The summed E-state index contributed by atoms with van der Waals surface area (Å²) in [4.78, 5) is 14.6. The molecule has 0 spiro atoms. The topological polar surface area (TPSA) is 67.3 Å². The predicted octanol–water partition coefficient (Wildman–Crippen LogP) is 2.98. The number of ether oxygens (including phenoxy) is 1. The van der Waals surface area contributed by atoms with E-state index in [1.54, 1.807) is 13.2 Å². The lowest BCUT2D eigenvalue weighted by Crippen LogP contribution is -2.31. The molecule has 0 saturated carbocycles. The maximum atomic E-state index is 12.4. The molecule has 2 heterocycles. The summed E-state index contributed by atoms with van der Waals surface area (Å²) in [5.74, 6) is 1.28. The van der Waals surface area contributed by atoms with Gasteiger partial charge in [-0.2, -0.15) is 0 Å². The Hall–Kier alpha value is -3.41. The number of rotatable bonds is 5. The van der Waals surface area contributed by atoms with E-state index in [1.807, 2.05) is 30.3 Å². The number of fused-ring (bicyclic) bond motifs is 1. The first-order valence-corrected chi connectivity index (χ1v) is 9.30. The number of nitrogens with one attached hydrogen (secondary N) is 1. The number of anilines is 1. The fraction of sp³-hybridized carbons (Fsp3) is 0.227. The average Bonchev–Trinajstić information content (AvgIpc) is 2.77. The van der Waals surface area contributed by atoms with E-state index in [1.165, 1.54) is 11.1 Å². The van der Waals surface area contributed by atoms with Crippen LogP contribution < -0.4 is 15.0 Å². The van der Waals surface area contributed by atoms with Crippen molar-refractivity contribution in [3.63, 3.8) is 0 Å². The van der Waals surface area contributed by atoms with Gasteiger partial charge in [-0.25, -0.2) is 0 Å². The fourth-order valence-electron chi connectivity index (χ4n) is 3.42. The molecular formula is C22H22N4O2. The highest BCUT2D eigenvalue weighted by molar-refractivity contribution is 5.92. The van der Waals surface area contributed by atoms with Crippen molar-refractivity contribution in [2.45, 2.75) is 19.5 Å². The van der Waals surface area contributed by atoms with E-state index in [0.717, 1.165) is 36.6 Å². The van der Waals surface area contributed by atoms with Crippen LogP contribution in [-0.2, 0) is 19.5 Å². The zero-order chi connectivity index (χ0) is 19.3. The summed E-state index contributed by atoms with van der Waals surface area (Å²) in [5, 5.41) is 11.3. The lowest BCUT2D eigenvalue weighted by atomic mass is 10.00. The molecule has 6 nitrogen and oxygen atoms in total. The summed E-state index contributed by atoms with van der Waals surface area (Å²) in [7, 11) is 1.61. The van der Waals surface area contributed by atoms with Crippen LogP contribution in [0.4, 0.5) is 5.82 Å².